The SMILES string of the molecule is NCc1ccc(OCc2cccc3ccccc23)c(F)c1. The van der Waals surface area contributed by atoms with Crippen molar-refractivity contribution in [3.8, 4) is 5.75 Å². The van der Waals surface area contributed by atoms with Gasteiger partial charge in [-0.05, 0) is 34.0 Å². The number of nitrogens with two attached hydrogens (primary N) is 1. The molecule has 3 heteroatoms. The van der Waals surface area contributed by atoms with Gasteiger partial charge < -0.3 is 10.5 Å². The molecule has 0 unspecified atom stereocenters. The second-order valence-corrected chi connectivity index (χ2v) is 4.90. The van der Waals surface area contributed by atoms with Crippen LogP contribution in [0.25, 0.3) is 10.8 Å². The van der Waals surface area contributed by atoms with E-state index in [-0.39, 0.29) is 11.6 Å². The van der Waals surface area contributed by atoms with Crippen LogP contribution in [0.5, 0.6) is 5.75 Å². The highest BCUT2D eigenvalue weighted by Gasteiger charge is 2.06. The highest BCUT2D eigenvalue weighted by Crippen LogP contribution is 2.23. The smallest absolute Gasteiger partial charge is 0.165 e. The molecule has 0 amide bonds. The van der Waals surface area contributed by atoms with Crippen molar-refractivity contribution in [1.29, 1.82) is 0 Å². The maximum absolute atomic E-state index is 13.9. The zero-order chi connectivity index (χ0) is 14.7. The van der Waals surface area contributed by atoms with Gasteiger partial charge in [-0.15, -0.1) is 0 Å². The third-order valence-corrected chi connectivity index (χ3v) is 3.50. The number of fused-ring (bicyclic) bond motifs is 1. The van der Waals surface area contributed by atoms with Gasteiger partial charge in [0.15, 0.2) is 11.6 Å². The molecule has 0 radical (unpaired) electrons. The highest BCUT2D eigenvalue weighted by atomic mass is 19.1. The monoisotopic (exact) mass is 281 g/mol. The van der Waals surface area contributed by atoms with Crippen LogP contribution in [-0.2, 0) is 13.2 Å². The van der Waals surface area contributed by atoms with Gasteiger partial charge in [-0.3, -0.25) is 0 Å². The van der Waals surface area contributed by atoms with Gasteiger partial charge in [-0.2, -0.15) is 0 Å². The first kappa shape index (κ1) is 13.6. The molecular formula is C18H16FNO. The van der Waals surface area contributed by atoms with E-state index in [2.05, 4.69) is 12.1 Å². The number of hydrogen-bond donors (Lipinski definition) is 1. The highest BCUT2D eigenvalue weighted by molar-refractivity contribution is 5.85. The van der Waals surface area contributed by atoms with Crippen LogP contribution in [0.3, 0.4) is 0 Å². The lowest BCUT2D eigenvalue weighted by Crippen LogP contribution is -2.01. The lowest BCUT2D eigenvalue weighted by molar-refractivity contribution is 0.291. The van der Waals surface area contributed by atoms with Gasteiger partial charge in [-0.25, -0.2) is 4.39 Å². The van der Waals surface area contributed by atoms with E-state index in [1.54, 1.807) is 12.1 Å². The molecule has 21 heavy (non-hydrogen) atoms. The Morgan fingerprint density at radius 1 is 0.952 bits per heavy atom. The number of halogens is 1. The molecule has 0 aromatic heterocycles. The summed E-state index contributed by atoms with van der Waals surface area (Å²) < 4.78 is 19.5. The summed E-state index contributed by atoms with van der Waals surface area (Å²) in [6.07, 6.45) is 0. The molecule has 0 aliphatic carbocycles. The van der Waals surface area contributed by atoms with E-state index in [1.807, 2.05) is 30.3 Å². The molecule has 0 fully saturated rings. The Kier molecular flexibility index (Phi) is 3.84. The van der Waals surface area contributed by atoms with E-state index < -0.39 is 0 Å². The Morgan fingerprint density at radius 2 is 1.76 bits per heavy atom. The van der Waals surface area contributed by atoms with Gasteiger partial charge in [0.05, 0.1) is 0 Å². The van der Waals surface area contributed by atoms with Crippen LogP contribution >= 0.6 is 0 Å². The summed E-state index contributed by atoms with van der Waals surface area (Å²) in [6, 6.07) is 18.9. The van der Waals surface area contributed by atoms with Crippen LogP contribution in [-0.4, -0.2) is 0 Å². The van der Waals surface area contributed by atoms with E-state index in [4.69, 9.17) is 10.5 Å². The van der Waals surface area contributed by atoms with Crippen LogP contribution in [0.2, 0.25) is 0 Å². The molecule has 0 spiro atoms. The zero-order valence-electron chi connectivity index (χ0n) is 11.6. The summed E-state index contributed by atoms with van der Waals surface area (Å²) in [7, 11) is 0. The molecule has 3 rings (SSSR count). The van der Waals surface area contributed by atoms with Crippen LogP contribution in [0.4, 0.5) is 4.39 Å². The molecular weight excluding hydrogens is 265 g/mol. The van der Waals surface area contributed by atoms with Gasteiger partial charge in [0.1, 0.15) is 6.61 Å². The maximum Gasteiger partial charge on any atom is 0.165 e. The van der Waals surface area contributed by atoms with E-state index in [1.165, 1.54) is 6.07 Å². The van der Waals surface area contributed by atoms with Gasteiger partial charge in [0.25, 0.3) is 0 Å². The quantitative estimate of drug-likeness (QED) is 0.784. The molecule has 106 valence electrons. The fourth-order valence-corrected chi connectivity index (χ4v) is 2.36. The third-order valence-electron chi connectivity index (χ3n) is 3.50. The summed E-state index contributed by atoms with van der Waals surface area (Å²) in [5.41, 5.74) is 7.28. The van der Waals surface area contributed by atoms with Crippen molar-refractivity contribution in [1.82, 2.24) is 0 Å². The summed E-state index contributed by atoms with van der Waals surface area (Å²) in [6.45, 7) is 0.654. The Labute approximate surface area is 123 Å². The van der Waals surface area contributed by atoms with E-state index in [9.17, 15) is 4.39 Å². The van der Waals surface area contributed by atoms with Crippen LogP contribution < -0.4 is 10.5 Å². The molecule has 2 N–H and O–H groups in total. The number of ether oxygens (including phenoxy) is 1. The van der Waals surface area contributed by atoms with Gasteiger partial charge in [0, 0.05) is 6.54 Å². The van der Waals surface area contributed by atoms with Crippen LogP contribution in [0.15, 0.2) is 60.7 Å². The Balaban J connectivity index is 1.84. The predicted molar refractivity (Wildman–Crippen MR) is 82.6 cm³/mol. The molecule has 2 nitrogen and oxygen atoms in total. The molecule has 0 saturated heterocycles. The number of hydrogen-bond acceptors (Lipinski definition) is 2. The fraction of sp³-hybridized carbons (Fsp3) is 0.111. The molecule has 3 aromatic rings. The Hall–Kier alpha value is -2.39. The van der Waals surface area contributed by atoms with Crippen molar-refractivity contribution >= 4 is 10.8 Å². The van der Waals surface area contributed by atoms with E-state index in [0.29, 0.717) is 13.2 Å². The number of rotatable bonds is 4. The summed E-state index contributed by atoms with van der Waals surface area (Å²) in [5, 5.41) is 2.27. The van der Waals surface area contributed by atoms with Crippen molar-refractivity contribution in [3.05, 3.63) is 77.6 Å². The number of benzene rings is 3. The lowest BCUT2D eigenvalue weighted by Gasteiger charge is -2.10. The normalized spacial score (nSPS) is 10.8. The summed E-state index contributed by atoms with van der Waals surface area (Å²) in [5.74, 6) is -0.127. The average molecular weight is 281 g/mol. The van der Waals surface area contributed by atoms with E-state index >= 15 is 0 Å². The first-order chi connectivity index (χ1) is 10.3. The van der Waals surface area contributed by atoms with Crippen LogP contribution in [0.1, 0.15) is 11.1 Å². The molecule has 0 aliphatic heterocycles. The summed E-state index contributed by atoms with van der Waals surface area (Å²) >= 11 is 0. The van der Waals surface area contributed by atoms with Gasteiger partial charge >= 0.3 is 0 Å². The molecule has 0 heterocycles. The van der Waals surface area contributed by atoms with E-state index in [0.717, 1.165) is 21.9 Å². The van der Waals surface area contributed by atoms with Crippen molar-refractivity contribution in [2.24, 2.45) is 5.73 Å². The van der Waals surface area contributed by atoms with Gasteiger partial charge in [0.2, 0.25) is 0 Å². The summed E-state index contributed by atoms with van der Waals surface area (Å²) in [4.78, 5) is 0. The molecule has 0 bridgehead atoms. The zero-order valence-corrected chi connectivity index (χ0v) is 11.6. The van der Waals surface area contributed by atoms with Crippen LogP contribution in [0, 0.1) is 5.82 Å². The van der Waals surface area contributed by atoms with Crippen molar-refractivity contribution in [2.75, 3.05) is 0 Å². The first-order valence-corrected chi connectivity index (χ1v) is 6.86. The standard InChI is InChI=1S/C18H16FNO/c19-17-10-13(11-20)8-9-18(17)21-12-15-6-3-5-14-4-1-2-7-16(14)15/h1-10H,11-12,20H2. The first-order valence-electron chi connectivity index (χ1n) is 6.86. The maximum atomic E-state index is 13.9. The molecule has 0 saturated carbocycles. The second kappa shape index (κ2) is 5.94. The molecule has 3 aromatic carbocycles. The Bertz CT molecular complexity index is 765. The minimum absolute atomic E-state index is 0.250. The van der Waals surface area contributed by atoms with Crippen molar-refractivity contribution in [3.63, 3.8) is 0 Å². The fourth-order valence-electron chi connectivity index (χ4n) is 2.36. The topological polar surface area (TPSA) is 35.2 Å². The predicted octanol–water partition coefficient (Wildman–Crippen LogP) is 4.02. The third kappa shape index (κ3) is 2.88. The van der Waals surface area contributed by atoms with Gasteiger partial charge in [-0.1, -0.05) is 48.5 Å². The molecule has 0 aliphatic rings. The largest absolute Gasteiger partial charge is 0.486 e. The Morgan fingerprint density at radius 3 is 2.57 bits per heavy atom. The average Bonchev–Trinajstić information content (AvgIpc) is 2.53. The minimum Gasteiger partial charge on any atom is -0.486 e. The lowest BCUT2D eigenvalue weighted by atomic mass is 10.1. The second-order valence-electron chi connectivity index (χ2n) is 4.90. The molecule has 0 atom stereocenters. The van der Waals surface area contributed by atoms with Crippen molar-refractivity contribution in [2.45, 2.75) is 13.2 Å². The van der Waals surface area contributed by atoms with Crippen molar-refractivity contribution < 1.29 is 9.13 Å². The minimum atomic E-state index is -0.377.